The van der Waals surface area contributed by atoms with E-state index >= 15 is 0 Å². The summed E-state index contributed by atoms with van der Waals surface area (Å²) in [6, 6.07) is 0. The van der Waals surface area contributed by atoms with Crippen LogP contribution in [0.15, 0.2) is 11.8 Å². The molecule has 0 amide bonds. The van der Waals surface area contributed by atoms with Gasteiger partial charge in [-0.05, 0) is 6.92 Å². The van der Waals surface area contributed by atoms with E-state index in [0.29, 0.717) is 0 Å². The topological polar surface area (TPSA) is 52.6 Å². The Kier molecular flexibility index (Phi) is 4.83. The lowest BCUT2D eigenvalue weighted by molar-refractivity contribution is -0.159. The van der Waals surface area contributed by atoms with Gasteiger partial charge in [-0.25, -0.2) is 4.79 Å². The molecule has 0 spiro atoms. The highest BCUT2D eigenvalue weighted by Crippen LogP contribution is 2.26. The van der Waals surface area contributed by atoms with E-state index in [4.69, 9.17) is 0 Å². The van der Waals surface area contributed by atoms with Crippen LogP contribution in [-0.4, -0.2) is 24.7 Å². The number of hydrogen-bond donors (Lipinski definition) is 0. The number of carbonyl (C=O) groups is 2. The Bertz CT molecular complexity index is 280. The fourth-order valence-corrected chi connectivity index (χ4v) is 0.615. The fraction of sp³-hybridized carbons (Fsp3) is 0.500. The van der Waals surface area contributed by atoms with Crippen LogP contribution in [0.2, 0.25) is 0 Å². The van der Waals surface area contributed by atoms with E-state index in [9.17, 15) is 22.8 Å². The zero-order valence-electron chi connectivity index (χ0n) is 8.05. The van der Waals surface area contributed by atoms with Crippen molar-refractivity contribution in [3.05, 3.63) is 11.8 Å². The van der Waals surface area contributed by atoms with Gasteiger partial charge < -0.3 is 9.47 Å². The SMILES string of the molecule is CCOC(=O)/C=C(\OC(C)=O)C(F)(F)F. The summed E-state index contributed by atoms with van der Waals surface area (Å²) >= 11 is 0. The van der Waals surface area contributed by atoms with Crippen molar-refractivity contribution >= 4 is 11.9 Å². The lowest BCUT2D eigenvalue weighted by Crippen LogP contribution is -2.19. The third-order valence-corrected chi connectivity index (χ3v) is 1.07. The Balaban J connectivity index is 4.77. The molecule has 0 heterocycles. The predicted octanol–water partition coefficient (Wildman–Crippen LogP) is 1.56. The van der Waals surface area contributed by atoms with E-state index in [0.717, 1.165) is 6.92 Å². The summed E-state index contributed by atoms with van der Waals surface area (Å²) in [5, 5.41) is 0. The normalized spacial score (nSPS) is 12.2. The molecule has 0 aromatic carbocycles. The van der Waals surface area contributed by atoms with Gasteiger partial charge in [0.05, 0.1) is 12.7 Å². The number of carbonyl (C=O) groups excluding carboxylic acids is 2. The lowest BCUT2D eigenvalue weighted by Gasteiger charge is -2.09. The van der Waals surface area contributed by atoms with Crippen molar-refractivity contribution in [1.82, 2.24) is 0 Å². The maximum absolute atomic E-state index is 12.1. The van der Waals surface area contributed by atoms with E-state index in [2.05, 4.69) is 9.47 Å². The number of allylic oxidation sites excluding steroid dienone is 1. The molecule has 0 aromatic heterocycles. The largest absolute Gasteiger partial charge is 0.463 e. The highest BCUT2D eigenvalue weighted by Gasteiger charge is 2.37. The summed E-state index contributed by atoms with van der Waals surface area (Å²) in [6.07, 6.45) is -4.82. The van der Waals surface area contributed by atoms with E-state index in [1.165, 1.54) is 6.92 Å². The molecule has 7 heteroatoms. The van der Waals surface area contributed by atoms with Crippen LogP contribution in [0.3, 0.4) is 0 Å². The van der Waals surface area contributed by atoms with Gasteiger partial charge in [-0.2, -0.15) is 13.2 Å². The minimum atomic E-state index is -4.90. The Morgan fingerprint density at radius 1 is 1.33 bits per heavy atom. The molecule has 0 aromatic rings. The molecular formula is C8H9F3O4. The second-order valence-corrected chi connectivity index (χ2v) is 2.35. The summed E-state index contributed by atoms with van der Waals surface area (Å²) in [5.74, 6) is -4.07. The van der Waals surface area contributed by atoms with Crippen LogP contribution in [0.25, 0.3) is 0 Å². The van der Waals surface area contributed by atoms with Gasteiger partial charge in [0.2, 0.25) is 5.76 Å². The molecular weight excluding hydrogens is 217 g/mol. The maximum atomic E-state index is 12.1. The minimum Gasteiger partial charge on any atom is -0.463 e. The summed E-state index contributed by atoms with van der Waals surface area (Å²) in [5.41, 5.74) is 0. The quantitative estimate of drug-likeness (QED) is 0.416. The van der Waals surface area contributed by atoms with Crippen LogP contribution in [0.1, 0.15) is 13.8 Å². The van der Waals surface area contributed by atoms with Crippen molar-refractivity contribution in [3.8, 4) is 0 Å². The monoisotopic (exact) mass is 226 g/mol. The van der Waals surface area contributed by atoms with Crippen LogP contribution in [0.5, 0.6) is 0 Å². The van der Waals surface area contributed by atoms with Crippen LogP contribution in [-0.2, 0) is 19.1 Å². The van der Waals surface area contributed by atoms with Crippen molar-refractivity contribution in [3.63, 3.8) is 0 Å². The summed E-state index contributed by atoms with van der Waals surface area (Å²) in [6.45, 7) is 2.16. The van der Waals surface area contributed by atoms with Crippen molar-refractivity contribution in [1.29, 1.82) is 0 Å². The number of ether oxygens (including phenoxy) is 2. The first-order valence-electron chi connectivity index (χ1n) is 3.91. The smallest absolute Gasteiger partial charge is 0.449 e. The Labute approximate surface area is 83.7 Å². The molecule has 0 aliphatic heterocycles. The third-order valence-electron chi connectivity index (χ3n) is 1.07. The minimum absolute atomic E-state index is 0.0689. The molecule has 0 aliphatic carbocycles. The summed E-state index contributed by atoms with van der Waals surface area (Å²) in [7, 11) is 0. The number of esters is 2. The molecule has 0 fully saturated rings. The highest BCUT2D eigenvalue weighted by atomic mass is 19.4. The summed E-state index contributed by atoms with van der Waals surface area (Å²) < 4.78 is 44.5. The molecule has 0 saturated heterocycles. The van der Waals surface area contributed by atoms with Gasteiger partial charge in [0, 0.05) is 6.92 Å². The molecule has 0 radical (unpaired) electrons. The van der Waals surface area contributed by atoms with Crippen LogP contribution in [0, 0.1) is 0 Å². The second kappa shape index (κ2) is 5.38. The van der Waals surface area contributed by atoms with E-state index in [-0.39, 0.29) is 12.7 Å². The van der Waals surface area contributed by atoms with Crippen LogP contribution >= 0.6 is 0 Å². The first-order valence-corrected chi connectivity index (χ1v) is 3.91. The molecule has 15 heavy (non-hydrogen) atoms. The van der Waals surface area contributed by atoms with Gasteiger partial charge >= 0.3 is 18.1 Å². The molecule has 0 bridgehead atoms. The Morgan fingerprint density at radius 2 is 1.87 bits per heavy atom. The van der Waals surface area contributed by atoms with Crippen LogP contribution < -0.4 is 0 Å². The Morgan fingerprint density at radius 3 is 2.20 bits per heavy atom. The van der Waals surface area contributed by atoms with Gasteiger partial charge in [-0.1, -0.05) is 0 Å². The number of halogens is 3. The average molecular weight is 226 g/mol. The second-order valence-electron chi connectivity index (χ2n) is 2.35. The Hall–Kier alpha value is -1.53. The van der Waals surface area contributed by atoms with Gasteiger partial charge in [0.1, 0.15) is 0 Å². The standard InChI is InChI=1S/C8H9F3O4/c1-3-14-7(13)4-6(8(9,10)11)15-5(2)12/h4H,3H2,1-2H3/b6-4-. The van der Waals surface area contributed by atoms with E-state index in [1.54, 1.807) is 0 Å². The fourth-order valence-electron chi connectivity index (χ4n) is 0.615. The predicted molar refractivity (Wildman–Crippen MR) is 42.5 cm³/mol. The van der Waals surface area contributed by atoms with Gasteiger partial charge in [-0.3, -0.25) is 4.79 Å². The molecule has 0 N–H and O–H groups in total. The molecule has 0 rings (SSSR count). The zero-order valence-corrected chi connectivity index (χ0v) is 8.05. The van der Waals surface area contributed by atoms with E-state index in [1.807, 2.05) is 0 Å². The molecule has 0 aliphatic rings. The van der Waals surface area contributed by atoms with Crippen molar-refractivity contribution in [2.45, 2.75) is 20.0 Å². The first kappa shape index (κ1) is 13.5. The molecule has 0 unspecified atom stereocenters. The van der Waals surface area contributed by atoms with Crippen molar-refractivity contribution in [2.75, 3.05) is 6.61 Å². The number of rotatable bonds is 3. The third kappa shape index (κ3) is 5.71. The molecule has 0 saturated carbocycles. The van der Waals surface area contributed by atoms with Crippen molar-refractivity contribution < 1.29 is 32.2 Å². The number of alkyl halides is 3. The average Bonchev–Trinajstić information content (AvgIpc) is 2.00. The number of hydrogen-bond acceptors (Lipinski definition) is 4. The van der Waals surface area contributed by atoms with Crippen LogP contribution in [0.4, 0.5) is 13.2 Å². The lowest BCUT2D eigenvalue weighted by atomic mass is 10.4. The summed E-state index contributed by atoms with van der Waals surface area (Å²) in [4.78, 5) is 21.0. The maximum Gasteiger partial charge on any atom is 0.449 e. The van der Waals surface area contributed by atoms with Crippen molar-refractivity contribution in [2.24, 2.45) is 0 Å². The molecule has 4 nitrogen and oxygen atoms in total. The van der Waals surface area contributed by atoms with Gasteiger partial charge in [0.25, 0.3) is 0 Å². The zero-order chi connectivity index (χ0) is 12.1. The van der Waals surface area contributed by atoms with E-state index < -0.39 is 23.9 Å². The van der Waals surface area contributed by atoms with Gasteiger partial charge in [-0.15, -0.1) is 0 Å². The van der Waals surface area contributed by atoms with Gasteiger partial charge in [0.15, 0.2) is 0 Å². The molecule has 86 valence electrons. The first-order chi connectivity index (χ1) is 6.77. The molecule has 0 atom stereocenters. The highest BCUT2D eigenvalue weighted by molar-refractivity contribution is 5.83.